The van der Waals surface area contributed by atoms with Crippen molar-refractivity contribution in [1.29, 1.82) is 0 Å². The number of hydrogen-bond acceptors (Lipinski definition) is 5. The quantitative estimate of drug-likeness (QED) is 0.660. The van der Waals surface area contributed by atoms with Gasteiger partial charge < -0.3 is 16.0 Å². The molecule has 0 radical (unpaired) electrons. The summed E-state index contributed by atoms with van der Waals surface area (Å²) in [6.45, 7) is 1.03. The van der Waals surface area contributed by atoms with Crippen molar-refractivity contribution in [2.24, 2.45) is 5.73 Å². The van der Waals surface area contributed by atoms with Gasteiger partial charge in [0.2, 0.25) is 11.8 Å². The number of piperidine rings is 1. The molecule has 2 aromatic rings. The van der Waals surface area contributed by atoms with Gasteiger partial charge in [0.25, 0.3) is 5.91 Å². The topological polar surface area (TPSA) is 105 Å². The first-order valence-corrected chi connectivity index (χ1v) is 10.9. The minimum Gasteiger partial charge on any atom is -0.324 e. The summed E-state index contributed by atoms with van der Waals surface area (Å²) < 4.78 is 0. The summed E-state index contributed by atoms with van der Waals surface area (Å²) in [6.07, 6.45) is 2.53. The molecule has 2 aliphatic heterocycles. The lowest BCUT2D eigenvalue weighted by Crippen LogP contribution is -2.52. The summed E-state index contributed by atoms with van der Waals surface area (Å²) in [7, 11) is 0. The Balaban J connectivity index is 1.34. The SMILES string of the molecule is NC1CCC(NCc2cccc3c2CN(C2CCC(=O)NC2=O)C3=O)c2ccccc21. The Morgan fingerprint density at radius 2 is 1.81 bits per heavy atom. The van der Waals surface area contributed by atoms with Crippen LogP contribution in [0.3, 0.4) is 0 Å². The second-order valence-corrected chi connectivity index (χ2v) is 8.59. The van der Waals surface area contributed by atoms with Crippen molar-refractivity contribution in [3.05, 3.63) is 70.3 Å². The lowest BCUT2D eigenvalue weighted by molar-refractivity contribution is -0.136. The van der Waals surface area contributed by atoms with Crippen LogP contribution in [0.25, 0.3) is 0 Å². The molecular weight excluding hydrogens is 392 g/mol. The van der Waals surface area contributed by atoms with Crippen LogP contribution in [0, 0.1) is 0 Å². The molecule has 3 amide bonds. The highest BCUT2D eigenvalue weighted by Gasteiger charge is 2.39. The zero-order valence-electron chi connectivity index (χ0n) is 17.3. The van der Waals surface area contributed by atoms with E-state index >= 15 is 0 Å². The first kappa shape index (κ1) is 19.9. The zero-order chi connectivity index (χ0) is 21.5. The van der Waals surface area contributed by atoms with Crippen LogP contribution in [0.1, 0.15) is 70.4 Å². The zero-order valence-corrected chi connectivity index (χ0v) is 17.3. The van der Waals surface area contributed by atoms with E-state index in [1.807, 2.05) is 30.3 Å². The fourth-order valence-electron chi connectivity index (χ4n) is 5.08. The lowest BCUT2D eigenvalue weighted by atomic mass is 9.84. The Kier molecular flexibility index (Phi) is 5.08. The number of hydrogen-bond donors (Lipinski definition) is 3. The Morgan fingerprint density at radius 3 is 2.61 bits per heavy atom. The number of carbonyl (C=O) groups is 3. The van der Waals surface area contributed by atoms with Crippen molar-refractivity contribution in [2.75, 3.05) is 0 Å². The summed E-state index contributed by atoms with van der Waals surface area (Å²) in [6, 6.07) is 13.8. The number of nitrogens with zero attached hydrogens (tertiary/aromatic N) is 1. The van der Waals surface area contributed by atoms with Crippen molar-refractivity contribution < 1.29 is 14.4 Å². The Hall–Kier alpha value is -3.03. The third-order valence-electron chi connectivity index (χ3n) is 6.76. The summed E-state index contributed by atoms with van der Waals surface area (Å²) in [4.78, 5) is 38.4. The van der Waals surface area contributed by atoms with E-state index in [1.165, 1.54) is 11.1 Å². The molecule has 3 aliphatic rings. The average molecular weight is 418 g/mol. The van der Waals surface area contributed by atoms with Gasteiger partial charge in [-0.1, -0.05) is 36.4 Å². The van der Waals surface area contributed by atoms with E-state index in [1.54, 1.807) is 4.90 Å². The first-order valence-electron chi connectivity index (χ1n) is 10.9. The van der Waals surface area contributed by atoms with E-state index in [0.29, 0.717) is 25.1 Å². The highest BCUT2D eigenvalue weighted by molar-refractivity contribution is 6.05. The average Bonchev–Trinajstić information content (AvgIpc) is 3.10. The minimum atomic E-state index is -0.592. The van der Waals surface area contributed by atoms with Crippen molar-refractivity contribution in [2.45, 2.75) is 56.9 Å². The molecule has 2 heterocycles. The molecule has 160 valence electrons. The van der Waals surface area contributed by atoms with Crippen LogP contribution in [0.4, 0.5) is 0 Å². The third kappa shape index (κ3) is 3.54. The summed E-state index contributed by atoms with van der Waals surface area (Å²) in [5.41, 5.74) is 11.4. The predicted molar refractivity (Wildman–Crippen MR) is 115 cm³/mol. The van der Waals surface area contributed by atoms with Gasteiger partial charge in [0.1, 0.15) is 6.04 Å². The Labute approximate surface area is 181 Å². The highest BCUT2D eigenvalue weighted by Crippen LogP contribution is 2.35. The van der Waals surface area contributed by atoms with E-state index in [9.17, 15) is 14.4 Å². The van der Waals surface area contributed by atoms with Crippen LogP contribution in [0.15, 0.2) is 42.5 Å². The van der Waals surface area contributed by atoms with Crippen LogP contribution in [0.2, 0.25) is 0 Å². The molecule has 5 rings (SSSR count). The van der Waals surface area contributed by atoms with Gasteiger partial charge in [-0.25, -0.2) is 0 Å². The predicted octanol–water partition coefficient (Wildman–Crippen LogP) is 2.07. The molecule has 4 N–H and O–H groups in total. The maximum Gasteiger partial charge on any atom is 0.255 e. The monoisotopic (exact) mass is 418 g/mol. The molecule has 1 aliphatic carbocycles. The van der Waals surface area contributed by atoms with Gasteiger partial charge in [0.15, 0.2) is 0 Å². The number of amides is 3. The van der Waals surface area contributed by atoms with Crippen LogP contribution in [-0.2, 0) is 22.7 Å². The normalized spacial score (nSPS) is 25.3. The smallest absolute Gasteiger partial charge is 0.255 e. The Bertz CT molecular complexity index is 1070. The molecule has 0 aromatic heterocycles. The molecule has 0 bridgehead atoms. The maximum atomic E-state index is 13.0. The summed E-state index contributed by atoms with van der Waals surface area (Å²) >= 11 is 0. The number of nitrogens with two attached hydrogens (primary N) is 1. The van der Waals surface area contributed by atoms with E-state index in [-0.39, 0.29) is 36.2 Å². The maximum absolute atomic E-state index is 13.0. The molecule has 3 unspecified atom stereocenters. The van der Waals surface area contributed by atoms with Gasteiger partial charge in [-0.2, -0.15) is 0 Å². The largest absolute Gasteiger partial charge is 0.324 e. The molecule has 7 heteroatoms. The van der Waals surface area contributed by atoms with Gasteiger partial charge in [-0.05, 0) is 47.6 Å². The summed E-state index contributed by atoms with van der Waals surface area (Å²) in [5, 5.41) is 6.01. The van der Waals surface area contributed by atoms with Crippen LogP contribution in [-0.4, -0.2) is 28.7 Å². The number of nitrogens with one attached hydrogen (secondary N) is 2. The van der Waals surface area contributed by atoms with E-state index < -0.39 is 6.04 Å². The lowest BCUT2D eigenvalue weighted by Gasteiger charge is -2.30. The molecule has 1 saturated heterocycles. The molecule has 2 aromatic carbocycles. The highest BCUT2D eigenvalue weighted by atomic mass is 16.2. The van der Waals surface area contributed by atoms with Gasteiger partial charge in [0, 0.05) is 37.2 Å². The van der Waals surface area contributed by atoms with E-state index in [0.717, 1.165) is 24.0 Å². The van der Waals surface area contributed by atoms with Crippen molar-refractivity contribution in [1.82, 2.24) is 15.5 Å². The molecule has 7 nitrogen and oxygen atoms in total. The molecule has 0 spiro atoms. The van der Waals surface area contributed by atoms with Crippen LogP contribution < -0.4 is 16.4 Å². The fourth-order valence-corrected chi connectivity index (χ4v) is 5.08. The molecule has 3 atom stereocenters. The standard InChI is InChI=1S/C24H26N4O3/c25-19-8-9-20(16-6-2-1-5-15(16)19)26-12-14-4-3-7-17-18(14)13-28(24(17)31)21-10-11-22(29)27-23(21)30/h1-7,19-21,26H,8-13,25H2,(H,27,29,30). The molecule has 1 fully saturated rings. The van der Waals surface area contributed by atoms with Gasteiger partial charge in [-0.3, -0.25) is 19.7 Å². The fraction of sp³-hybridized carbons (Fsp3) is 0.375. The molecule has 31 heavy (non-hydrogen) atoms. The van der Waals surface area contributed by atoms with Crippen LogP contribution >= 0.6 is 0 Å². The number of imide groups is 1. The van der Waals surface area contributed by atoms with E-state index in [4.69, 9.17) is 5.73 Å². The number of rotatable bonds is 4. The minimum absolute atomic E-state index is 0.0786. The second kappa shape index (κ2) is 7.90. The molecular formula is C24H26N4O3. The van der Waals surface area contributed by atoms with Crippen LogP contribution in [0.5, 0.6) is 0 Å². The van der Waals surface area contributed by atoms with Crippen molar-refractivity contribution in [3.8, 4) is 0 Å². The first-order chi connectivity index (χ1) is 15.0. The van der Waals surface area contributed by atoms with Gasteiger partial charge >= 0.3 is 0 Å². The van der Waals surface area contributed by atoms with Crippen molar-refractivity contribution in [3.63, 3.8) is 0 Å². The number of carbonyl (C=O) groups excluding carboxylic acids is 3. The molecule has 0 saturated carbocycles. The van der Waals surface area contributed by atoms with Crippen molar-refractivity contribution >= 4 is 17.7 Å². The Morgan fingerprint density at radius 1 is 1.00 bits per heavy atom. The van der Waals surface area contributed by atoms with E-state index in [2.05, 4.69) is 22.8 Å². The second-order valence-electron chi connectivity index (χ2n) is 8.59. The number of benzene rings is 2. The third-order valence-corrected chi connectivity index (χ3v) is 6.76. The van der Waals surface area contributed by atoms with Gasteiger partial charge in [0.05, 0.1) is 0 Å². The summed E-state index contributed by atoms with van der Waals surface area (Å²) in [5.74, 6) is -0.796. The number of fused-ring (bicyclic) bond motifs is 2. The van der Waals surface area contributed by atoms with Gasteiger partial charge in [-0.15, -0.1) is 0 Å².